The fourth-order valence-corrected chi connectivity index (χ4v) is 12.5. The van der Waals surface area contributed by atoms with Crippen molar-refractivity contribution < 1.29 is 33.8 Å². The number of rotatable bonds is 31. The molecule has 0 radical (unpaired) electrons. The Hall–Kier alpha value is -7.28. The number of carbonyl (C=O) groups excluding carboxylic acids is 3. The van der Waals surface area contributed by atoms with Crippen molar-refractivity contribution >= 4 is 24.1 Å². The molecule has 0 spiro atoms. The topological polar surface area (TPSA) is 195 Å². The van der Waals surface area contributed by atoms with Gasteiger partial charge in [-0.05, 0) is 254 Å². The molecule has 0 aliphatic heterocycles. The third-order valence-corrected chi connectivity index (χ3v) is 17.9. The Morgan fingerprint density at radius 3 is 0.874 bits per heavy atom. The molecule has 0 atom stereocenters. The molecule has 2 fully saturated rings. The Balaban J connectivity index is 0.000000242. The van der Waals surface area contributed by atoms with Crippen LogP contribution in [-0.4, -0.2) is 71.6 Å². The van der Waals surface area contributed by atoms with Gasteiger partial charge in [0.2, 0.25) is 5.91 Å². The summed E-state index contributed by atoms with van der Waals surface area (Å²) in [7, 11) is 0. The Bertz CT molecular complexity index is 2710. The van der Waals surface area contributed by atoms with Crippen LogP contribution in [0.2, 0.25) is 0 Å². The number of benzene rings is 6. The zero-order chi connectivity index (χ0) is 68.4. The van der Waals surface area contributed by atoms with Crippen LogP contribution in [0.1, 0.15) is 203 Å². The average Bonchev–Trinajstić information content (AvgIpc) is 2.88. The van der Waals surface area contributed by atoms with Gasteiger partial charge >= 0.3 is 18.2 Å². The number of alkyl carbamates (subject to hydrolysis) is 2. The summed E-state index contributed by atoms with van der Waals surface area (Å²) in [4.78, 5) is 47.4. The quantitative estimate of drug-likeness (QED) is 0.0245. The summed E-state index contributed by atoms with van der Waals surface area (Å²) in [6.07, 6.45) is 26.1. The fourth-order valence-electron chi connectivity index (χ4n) is 12.5. The lowest BCUT2D eigenvalue weighted by Gasteiger charge is -2.30. The van der Waals surface area contributed by atoms with Gasteiger partial charge in [0.25, 0.3) is 0 Å². The smallest absolute Gasteiger partial charge is 0.407 e. The molecule has 12 nitrogen and oxygen atoms in total. The number of aliphatic carboxylic acids is 1. The molecule has 0 heterocycles. The summed E-state index contributed by atoms with van der Waals surface area (Å²) in [6.45, 7) is 12.3. The number of hydrogen-bond donors (Lipinski definition) is 6. The predicted molar refractivity (Wildman–Crippen MR) is 391 cm³/mol. The van der Waals surface area contributed by atoms with Crippen LogP contribution in [0, 0.1) is 23.7 Å². The van der Waals surface area contributed by atoms with Crippen molar-refractivity contribution in [3.8, 4) is 0 Å². The molecular weight excluding hydrogens is 1180 g/mol. The van der Waals surface area contributed by atoms with Gasteiger partial charge in [0, 0.05) is 37.1 Å². The minimum absolute atomic E-state index is 0.0727. The number of ether oxygens (including phenoxy) is 2. The average molecular weight is 1300 g/mol. The van der Waals surface area contributed by atoms with Crippen molar-refractivity contribution in [2.45, 2.75) is 238 Å². The molecule has 95 heavy (non-hydrogen) atoms. The summed E-state index contributed by atoms with van der Waals surface area (Å²) >= 11 is 0. The van der Waals surface area contributed by atoms with Crippen LogP contribution >= 0.6 is 0 Å². The van der Waals surface area contributed by atoms with Crippen molar-refractivity contribution in [2.24, 2.45) is 35.1 Å². The van der Waals surface area contributed by atoms with Gasteiger partial charge in [-0.2, -0.15) is 0 Å². The molecule has 6 aromatic carbocycles. The maximum absolute atomic E-state index is 13.2. The number of amides is 3. The molecule has 0 unspecified atom stereocenters. The van der Waals surface area contributed by atoms with Gasteiger partial charge in [-0.3, -0.25) is 9.59 Å². The maximum Gasteiger partial charge on any atom is 0.407 e. The van der Waals surface area contributed by atoms with E-state index in [2.05, 4.69) is 198 Å². The molecule has 8 rings (SSSR count). The minimum atomic E-state index is -0.700. The van der Waals surface area contributed by atoms with E-state index in [9.17, 15) is 19.2 Å². The van der Waals surface area contributed by atoms with E-state index in [1.54, 1.807) is 0 Å². The molecule has 518 valence electrons. The van der Waals surface area contributed by atoms with Crippen molar-refractivity contribution in [1.29, 1.82) is 0 Å². The van der Waals surface area contributed by atoms with Crippen LogP contribution in [-0.2, 0) is 57.6 Å². The molecule has 3 amide bonds. The highest BCUT2D eigenvalue weighted by Gasteiger charge is 2.29. The van der Waals surface area contributed by atoms with Crippen LogP contribution in [0.5, 0.6) is 0 Å². The van der Waals surface area contributed by atoms with E-state index in [4.69, 9.17) is 26.0 Å². The second-order valence-corrected chi connectivity index (χ2v) is 28.5. The van der Waals surface area contributed by atoms with Crippen LogP contribution in [0.4, 0.5) is 9.59 Å². The standard InChI is InChI=1S/C32H46N2O3.2C19H25N.C13H23NO4/c1-32(2,3)37-31(36)33-24-27-20-22-28(23-21-27)30(35)34-29(18-10-16-25-12-6-4-7-13-25)19-11-17-26-14-8-5-9-15-26;2*20-19(15-7-13-17-9-3-1-4-10-17)16-8-14-18-11-5-2-6-12-18;1-13(2,3)18-12(17)14-8-9-4-6-10(7-5-9)11(15)16/h4-9,12-15,27-29H,10-11,16-24H2,1-3H3,(H,33,36)(H,34,35);2*1-6,9-12,19H,7-8,13-16,20H2;9-10H,4-8H2,1-3H3,(H,14,17)(H,15,16). The van der Waals surface area contributed by atoms with Gasteiger partial charge in [-0.1, -0.05) is 182 Å². The van der Waals surface area contributed by atoms with Crippen LogP contribution in [0.15, 0.2) is 182 Å². The van der Waals surface area contributed by atoms with Crippen LogP contribution in [0.3, 0.4) is 0 Å². The predicted octanol–water partition coefficient (Wildman–Crippen LogP) is 18.0. The molecule has 12 heteroatoms. The van der Waals surface area contributed by atoms with Crippen LogP contribution in [0.25, 0.3) is 0 Å². The number of nitrogens with one attached hydrogen (secondary N) is 3. The van der Waals surface area contributed by atoms with E-state index in [1.807, 2.05) is 41.5 Å². The zero-order valence-electron chi connectivity index (χ0n) is 58.7. The van der Waals surface area contributed by atoms with Gasteiger partial charge in [0.1, 0.15) is 11.2 Å². The highest BCUT2D eigenvalue weighted by Crippen LogP contribution is 2.30. The van der Waals surface area contributed by atoms with E-state index in [0.717, 1.165) is 128 Å². The Morgan fingerprint density at radius 2 is 0.632 bits per heavy atom. The summed E-state index contributed by atoms with van der Waals surface area (Å²) in [6, 6.07) is 64.8. The van der Waals surface area contributed by atoms with Crippen molar-refractivity contribution in [3.63, 3.8) is 0 Å². The summed E-state index contributed by atoms with van der Waals surface area (Å²) in [5, 5.41) is 17.9. The van der Waals surface area contributed by atoms with E-state index < -0.39 is 23.3 Å². The SMILES string of the molecule is CC(C)(C)OC(=O)NCC1CCC(C(=O)NC(CCCc2ccccc2)CCCc2ccccc2)CC1.CC(C)(C)OC(=O)NCC1CCC(C(=O)O)CC1.NC(CCCc1ccccc1)CCCc1ccccc1.NC(CCCc1ccccc1)CCCc1ccccc1. The highest BCUT2D eigenvalue weighted by molar-refractivity contribution is 5.79. The number of carboxylic acids is 1. The first-order valence-corrected chi connectivity index (χ1v) is 36.0. The lowest BCUT2D eigenvalue weighted by molar-refractivity contribution is -0.143. The number of carboxylic acid groups (broad SMARTS) is 1. The van der Waals surface area contributed by atoms with Gasteiger partial charge in [-0.25, -0.2) is 9.59 Å². The molecule has 2 aliphatic carbocycles. The second-order valence-electron chi connectivity index (χ2n) is 28.5. The first-order chi connectivity index (χ1) is 45.7. The van der Waals surface area contributed by atoms with E-state index in [-0.39, 0.29) is 29.9 Å². The lowest BCUT2D eigenvalue weighted by Crippen LogP contribution is -2.41. The molecule has 0 bridgehead atoms. The van der Waals surface area contributed by atoms with E-state index in [1.165, 1.54) is 59.1 Å². The minimum Gasteiger partial charge on any atom is -0.481 e. The summed E-state index contributed by atoms with van der Waals surface area (Å²) in [5.41, 5.74) is 19.8. The van der Waals surface area contributed by atoms with Gasteiger partial charge in [-0.15, -0.1) is 0 Å². The third kappa shape index (κ3) is 37.6. The van der Waals surface area contributed by atoms with Gasteiger partial charge < -0.3 is 42.0 Å². The van der Waals surface area contributed by atoms with Crippen molar-refractivity contribution in [3.05, 3.63) is 215 Å². The molecular formula is C83H119N5O7. The zero-order valence-corrected chi connectivity index (χ0v) is 58.7. The largest absolute Gasteiger partial charge is 0.481 e. The van der Waals surface area contributed by atoms with E-state index >= 15 is 0 Å². The lowest BCUT2D eigenvalue weighted by atomic mass is 9.81. The molecule has 6 aromatic rings. The van der Waals surface area contributed by atoms with Crippen molar-refractivity contribution in [1.82, 2.24) is 16.0 Å². The molecule has 0 aromatic heterocycles. The fraction of sp³-hybridized carbons (Fsp3) is 0.518. The summed E-state index contributed by atoms with van der Waals surface area (Å²) < 4.78 is 10.5. The number of hydrogen-bond acceptors (Lipinski definition) is 8. The van der Waals surface area contributed by atoms with Gasteiger partial charge in [0.05, 0.1) is 5.92 Å². The number of aryl methyl sites for hydroxylation is 6. The number of carbonyl (C=O) groups is 4. The first kappa shape index (κ1) is 78.4. The first-order valence-electron chi connectivity index (χ1n) is 36.0. The Labute approximate surface area is 572 Å². The van der Waals surface area contributed by atoms with E-state index in [0.29, 0.717) is 49.9 Å². The molecule has 2 saturated carbocycles. The van der Waals surface area contributed by atoms with Crippen LogP contribution < -0.4 is 27.4 Å². The monoisotopic (exact) mass is 1300 g/mol. The molecule has 2 aliphatic rings. The number of nitrogens with two attached hydrogens (primary N) is 2. The Morgan fingerprint density at radius 1 is 0.389 bits per heavy atom. The van der Waals surface area contributed by atoms with Crippen molar-refractivity contribution in [2.75, 3.05) is 13.1 Å². The third-order valence-electron chi connectivity index (χ3n) is 17.9. The maximum atomic E-state index is 13.2. The van der Waals surface area contributed by atoms with Gasteiger partial charge in [0.15, 0.2) is 0 Å². The Kier molecular flexibility index (Phi) is 37.3. The highest BCUT2D eigenvalue weighted by atomic mass is 16.6. The summed E-state index contributed by atoms with van der Waals surface area (Å²) in [5.74, 6) is 0.153. The second kappa shape index (κ2) is 45.2. The molecule has 0 saturated heterocycles. The molecule has 8 N–H and O–H groups in total. The normalized spacial score (nSPS) is 16.2.